The maximum atomic E-state index is 2.61. The second kappa shape index (κ2) is 19.5. The molecule has 10 aromatic rings. The van der Waals surface area contributed by atoms with Crippen LogP contribution in [0.3, 0.4) is 0 Å². The minimum absolute atomic E-state index is 0.00204. The molecular formula is C73H69BN4. The lowest BCUT2D eigenvalue weighted by Crippen LogP contribution is -2.61. The van der Waals surface area contributed by atoms with Gasteiger partial charge in [-0.25, -0.2) is 0 Å². The number of fused-ring (bicyclic) bond motifs is 4. The molecule has 0 fully saturated rings. The van der Waals surface area contributed by atoms with Gasteiger partial charge in [0.1, 0.15) is 0 Å². The molecule has 0 saturated heterocycles. The van der Waals surface area contributed by atoms with Crippen LogP contribution in [0.5, 0.6) is 0 Å². The van der Waals surface area contributed by atoms with E-state index in [1.165, 1.54) is 61.1 Å². The van der Waals surface area contributed by atoms with Crippen molar-refractivity contribution in [3.63, 3.8) is 0 Å². The van der Waals surface area contributed by atoms with Gasteiger partial charge >= 0.3 is 0 Å². The zero-order chi connectivity index (χ0) is 54.1. The van der Waals surface area contributed by atoms with E-state index < -0.39 is 0 Å². The lowest BCUT2D eigenvalue weighted by Gasteiger charge is -2.45. The Balaban J connectivity index is 1.16. The summed E-state index contributed by atoms with van der Waals surface area (Å²) in [5.74, 6) is 0. The monoisotopic (exact) mass is 1010 g/mol. The van der Waals surface area contributed by atoms with Crippen LogP contribution < -0.4 is 36.0 Å². The van der Waals surface area contributed by atoms with Crippen LogP contribution in [0.4, 0.5) is 68.2 Å². The van der Waals surface area contributed by atoms with Gasteiger partial charge in [-0.05, 0) is 177 Å². The van der Waals surface area contributed by atoms with Crippen molar-refractivity contribution in [1.29, 1.82) is 0 Å². The Morgan fingerprint density at radius 2 is 0.705 bits per heavy atom. The molecule has 0 aromatic heterocycles. The summed E-state index contributed by atoms with van der Waals surface area (Å²) < 4.78 is 0. The number of anilines is 12. The normalized spacial score (nSPS) is 12.9. The topological polar surface area (TPSA) is 13.0 Å². The van der Waals surface area contributed by atoms with Crippen LogP contribution >= 0.6 is 0 Å². The number of rotatable bonds is 9. The second-order valence-electron chi connectivity index (χ2n) is 24.4. The molecule has 0 bridgehead atoms. The van der Waals surface area contributed by atoms with Crippen molar-refractivity contribution in [3.05, 3.63) is 259 Å². The van der Waals surface area contributed by atoms with E-state index in [2.05, 4.69) is 325 Å². The fraction of sp³-hybridized carbons (Fsp3) is 0.178. The molecule has 5 heteroatoms. The average molecular weight is 1010 g/mol. The van der Waals surface area contributed by atoms with Crippen molar-refractivity contribution in [3.8, 4) is 11.1 Å². The number of nitrogens with zero attached hydrogens (tertiary/aromatic N) is 4. The standard InChI is InChI=1S/C73H69BN4/c1-50-45-68-70-69(46-50)78(65-44-37-54(73(8,9)10)47-62(65)51-31-33-52(34-32-51)71(2,3)4)67-49-61(76(57-27-19-13-20-28-57)58-29-21-14-22-30-58)41-43-64(67)74(70)63-42-40-60(75(55-23-15-11-16-24-55)56-25-17-12-18-26-56)48-66(63)77(68)59-38-35-53(36-39-59)72(5,6)7/h11-49H,1-10H3. The van der Waals surface area contributed by atoms with Crippen LogP contribution in [-0.4, -0.2) is 6.71 Å². The van der Waals surface area contributed by atoms with Crippen LogP contribution in [0.25, 0.3) is 11.1 Å². The highest BCUT2D eigenvalue weighted by atomic mass is 15.2. The van der Waals surface area contributed by atoms with E-state index in [0.717, 1.165) is 56.9 Å². The van der Waals surface area contributed by atoms with Gasteiger partial charge in [0.2, 0.25) is 0 Å². The molecule has 0 amide bonds. The van der Waals surface area contributed by atoms with Crippen LogP contribution in [0.15, 0.2) is 237 Å². The third-order valence-corrected chi connectivity index (χ3v) is 15.9. The maximum absolute atomic E-state index is 2.61. The van der Waals surface area contributed by atoms with Crippen molar-refractivity contribution < 1.29 is 0 Å². The highest BCUT2D eigenvalue weighted by molar-refractivity contribution is 7.00. The van der Waals surface area contributed by atoms with Gasteiger partial charge in [0, 0.05) is 68.1 Å². The first-order valence-corrected chi connectivity index (χ1v) is 27.7. The first-order chi connectivity index (χ1) is 37.5. The average Bonchev–Trinajstić information content (AvgIpc) is 3.63. The first kappa shape index (κ1) is 50.3. The molecule has 2 aliphatic heterocycles. The zero-order valence-electron chi connectivity index (χ0n) is 46.9. The molecule has 78 heavy (non-hydrogen) atoms. The third kappa shape index (κ3) is 9.15. The number of hydrogen-bond acceptors (Lipinski definition) is 4. The molecule has 0 aliphatic carbocycles. The molecule has 384 valence electrons. The van der Waals surface area contributed by atoms with Crippen molar-refractivity contribution in [2.75, 3.05) is 19.6 Å². The van der Waals surface area contributed by atoms with Gasteiger partial charge in [-0.1, -0.05) is 190 Å². The van der Waals surface area contributed by atoms with Gasteiger partial charge in [0.15, 0.2) is 0 Å². The Labute approximate surface area is 464 Å². The van der Waals surface area contributed by atoms with E-state index in [9.17, 15) is 0 Å². The molecule has 4 nitrogen and oxygen atoms in total. The smallest absolute Gasteiger partial charge is 0.252 e. The summed E-state index contributed by atoms with van der Waals surface area (Å²) in [6.07, 6.45) is 0. The number of aryl methyl sites for hydroxylation is 1. The van der Waals surface area contributed by atoms with Gasteiger partial charge < -0.3 is 19.6 Å². The van der Waals surface area contributed by atoms with Gasteiger partial charge in [0.25, 0.3) is 6.71 Å². The molecule has 2 aliphatic rings. The van der Waals surface area contributed by atoms with Crippen LogP contribution in [0.2, 0.25) is 0 Å². The van der Waals surface area contributed by atoms with E-state index >= 15 is 0 Å². The lowest BCUT2D eigenvalue weighted by molar-refractivity contribution is 0.590. The highest BCUT2D eigenvalue weighted by Crippen LogP contribution is 2.50. The minimum atomic E-state index is -0.0998. The molecule has 0 atom stereocenters. The molecule has 2 heterocycles. The van der Waals surface area contributed by atoms with Gasteiger partial charge in [-0.15, -0.1) is 0 Å². The predicted octanol–water partition coefficient (Wildman–Crippen LogP) is 18.6. The number of hydrogen-bond donors (Lipinski definition) is 0. The van der Waals surface area contributed by atoms with Gasteiger partial charge in [0.05, 0.1) is 5.69 Å². The largest absolute Gasteiger partial charge is 0.311 e. The Hall–Kier alpha value is -8.54. The summed E-state index contributed by atoms with van der Waals surface area (Å²) in [5, 5.41) is 0. The summed E-state index contributed by atoms with van der Waals surface area (Å²) in [7, 11) is 0. The third-order valence-electron chi connectivity index (χ3n) is 15.9. The summed E-state index contributed by atoms with van der Waals surface area (Å²) in [4.78, 5) is 9.96. The molecule has 0 radical (unpaired) electrons. The predicted molar refractivity (Wildman–Crippen MR) is 336 cm³/mol. The second-order valence-corrected chi connectivity index (χ2v) is 24.4. The van der Waals surface area contributed by atoms with E-state index in [1.807, 2.05) is 0 Å². The molecule has 0 saturated carbocycles. The van der Waals surface area contributed by atoms with Crippen molar-refractivity contribution in [1.82, 2.24) is 0 Å². The van der Waals surface area contributed by atoms with Crippen LogP contribution in [0.1, 0.15) is 84.6 Å². The summed E-state index contributed by atoms with van der Waals surface area (Å²) in [6.45, 7) is 22.9. The molecule has 12 rings (SSSR count). The van der Waals surface area contributed by atoms with Gasteiger partial charge in [-0.2, -0.15) is 0 Å². The molecule has 0 unspecified atom stereocenters. The van der Waals surface area contributed by atoms with E-state index in [4.69, 9.17) is 0 Å². The quantitative estimate of drug-likeness (QED) is 0.134. The van der Waals surface area contributed by atoms with E-state index in [0.29, 0.717) is 0 Å². The van der Waals surface area contributed by atoms with Crippen molar-refractivity contribution in [2.45, 2.75) is 85.5 Å². The van der Waals surface area contributed by atoms with Crippen LogP contribution in [0, 0.1) is 6.92 Å². The molecule has 0 N–H and O–H groups in total. The number of para-hydroxylation sites is 4. The summed E-state index contributed by atoms with van der Waals surface area (Å²) in [6, 6.07) is 88.4. The summed E-state index contributed by atoms with van der Waals surface area (Å²) >= 11 is 0. The zero-order valence-corrected chi connectivity index (χ0v) is 46.9. The van der Waals surface area contributed by atoms with Crippen molar-refractivity contribution >= 4 is 91.3 Å². The molecule has 0 spiro atoms. The lowest BCUT2D eigenvalue weighted by atomic mass is 9.33. The van der Waals surface area contributed by atoms with Gasteiger partial charge in [-0.3, -0.25) is 0 Å². The SMILES string of the molecule is Cc1cc2c3c(c1)N(c1ccc(C(C)(C)C)cc1-c1ccc(C(C)(C)C)cc1)c1cc(N(c4ccccc4)c4ccccc4)ccc1B3c1ccc(N(c3ccccc3)c3ccccc3)cc1N2c1ccc(C(C)(C)C)cc1. The van der Waals surface area contributed by atoms with E-state index in [1.54, 1.807) is 0 Å². The Morgan fingerprint density at radius 3 is 1.13 bits per heavy atom. The molecular weight excluding hydrogens is 944 g/mol. The minimum Gasteiger partial charge on any atom is -0.311 e. The fourth-order valence-corrected chi connectivity index (χ4v) is 11.8. The Morgan fingerprint density at radius 1 is 0.321 bits per heavy atom. The summed E-state index contributed by atoms with van der Waals surface area (Å²) in [5.41, 5.74) is 24.8. The number of benzene rings is 10. The fourth-order valence-electron chi connectivity index (χ4n) is 11.8. The molecule has 10 aromatic carbocycles. The van der Waals surface area contributed by atoms with Crippen molar-refractivity contribution in [2.24, 2.45) is 0 Å². The highest BCUT2D eigenvalue weighted by Gasteiger charge is 2.44. The Kier molecular flexibility index (Phi) is 12.6. The van der Waals surface area contributed by atoms with Crippen LogP contribution in [-0.2, 0) is 16.2 Å². The first-order valence-electron chi connectivity index (χ1n) is 27.7. The maximum Gasteiger partial charge on any atom is 0.252 e. The van der Waals surface area contributed by atoms with E-state index in [-0.39, 0.29) is 23.0 Å². The Bertz CT molecular complexity index is 3720.